The highest BCUT2D eigenvalue weighted by Crippen LogP contribution is 2.38. The number of anilines is 1. The average molecular weight is 360 g/mol. The van der Waals surface area contributed by atoms with Crippen LogP contribution in [-0.2, 0) is 0 Å². The molecule has 0 fully saturated rings. The smallest absolute Gasteiger partial charge is 0.308 e. The van der Waals surface area contributed by atoms with Gasteiger partial charge in [-0.15, -0.1) is 21.6 Å². The standard InChI is InChI=1S/C17H20N4O3S/c1-5-20(6-2)13-7-8-14(11(3)9-13)18-19-17-15(21(23)24)10-16(25-17)12(4)22/h7-10H,5-6H2,1-4H3. The molecule has 0 aliphatic rings. The van der Waals surface area contributed by atoms with Crippen LogP contribution in [0.5, 0.6) is 0 Å². The summed E-state index contributed by atoms with van der Waals surface area (Å²) < 4.78 is 0. The van der Waals surface area contributed by atoms with Gasteiger partial charge in [0.1, 0.15) is 0 Å². The van der Waals surface area contributed by atoms with Gasteiger partial charge in [0, 0.05) is 24.8 Å². The van der Waals surface area contributed by atoms with Crippen LogP contribution in [0.2, 0.25) is 0 Å². The highest BCUT2D eigenvalue weighted by atomic mass is 32.1. The Morgan fingerprint density at radius 2 is 1.92 bits per heavy atom. The van der Waals surface area contributed by atoms with Gasteiger partial charge in [0.2, 0.25) is 5.00 Å². The Bertz CT molecular complexity index is 825. The summed E-state index contributed by atoms with van der Waals surface area (Å²) in [5.74, 6) is -0.227. The summed E-state index contributed by atoms with van der Waals surface area (Å²) in [5, 5.41) is 19.4. The van der Waals surface area contributed by atoms with Crippen LogP contribution in [0.25, 0.3) is 0 Å². The van der Waals surface area contributed by atoms with Crippen molar-refractivity contribution >= 4 is 39.2 Å². The zero-order valence-corrected chi connectivity index (χ0v) is 15.5. The fourth-order valence-electron chi connectivity index (χ4n) is 2.38. The highest BCUT2D eigenvalue weighted by molar-refractivity contribution is 7.18. The number of aryl methyl sites for hydroxylation is 1. The summed E-state index contributed by atoms with van der Waals surface area (Å²) in [5.41, 5.74) is 2.47. The van der Waals surface area contributed by atoms with Gasteiger partial charge in [-0.25, -0.2) is 0 Å². The summed E-state index contributed by atoms with van der Waals surface area (Å²) in [6.07, 6.45) is 0. The minimum Gasteiger partial charge on any atom is -0.372 e. The first kappa shape index (κ1) is 18.7. The van der Waals surface area contributed by atoms with Crippen molar-refractivity contribution < 1.29 is 9.72 Å². The van der Waals surface area contributed by atoms with Crippen LogP contribution in [0, 0.1) is 17.0 Å². The Balaban J connectivity index is 2.33. The minimum absolute atomic E-state index is 0.127. The average Bonchev–Trinajstić information content (AvgIpc) is 3.00. The quantitative estimate of drug-likeness (QED) is 0.285. The maximum absolute atomic E-state index is 11.4. The molecule has 1 aromatic carbocycles. The van der Waals surface area contributed by atoms with Crippen molar-refractivity contribution in [1.82, 2.24) is 0 Å². The molecule has 0 aliphatic heterocycles. The third-order valence-electron chi connectivity index (χ3n) is 3.79. The number of hydrogen-bond donors (Lipinski definition) is 0. The topological polar surface area (TPSA) is 88.2 Å². The van der Waals surface area contributed by atoms with E-state index < -0.39 is 4.92 Å². The first-order valence-corrected chi connectivity index (χ1v) is 8.75. The van der Waals surface area contributed by atoms with Gasteiger partial charge in [-0.2, -0.15) is 0 Å². The Labute approximate surface area is 150 Å². The van der Waals surface area contributed by atoms with E-state index in [1.165, 1.54) is 13.0 Å². The summed E-state index contributed by atoms with van der Waals surface area (Å²) in [4.78, 5) is 24.5. The predicted octanol–water partition coefficient (Wildman–Crippen LogP) is 5.43. The molecule has 0 aliphatic carbocycles. The van der Waals surface area contributed by atoms with Crippen molar-refractivity contribution in [3.8, 4) is 0 Å². The second-order valence-corrected chi connectivity index (χ2v) is 6.49. The number of carbonyl (C=O) groups excluding carboxylic acids is 1. The van der Waals surface area contributed by atoms with Gasteiger partial charge in [0.15, 0.2) is 5.78 Å². The van der Waals surface area contributed by atoms with Crippen LogP contribution in [0.3, 0.4) is 0 Å². The summed E-state index contributed by atoms with van der Waals surface area (Å²) in [7, 11) is 0. The Morgan fingerprint density at radius 3 is 2.44 bits per heavy atom. The van der Waals surface area contributed by atoms with Crippen molar-refractivity contribution in [3.05, 3.63) is 44.8 Å². The van der Waals surface area contributed by atoms with E-state index in [-0.39, 0.29) is 16.5 Å². The van der Waals surface area contributed by atoms with Gasteiger partial charge < -0.3 is 4.90 Å². The maximum atomic E-state index is 11.4. The fourth-order valence-corrected chi connectivity index (χ4v) is 3.23. The first-order chi connectivity index (χ1) is 11.9. The molecule has 7 nitrogen and oxygen atoms in total. The molecule has 0 radical (unpaired) electrons. The van der Waals surface area contributed by atoms with Crippen LogP contribution in [0.15, 0.2) is 34.5 Å². The lowest BCUT2D eigenvalue weighted by molar-refractivity contribution is -0.383. The summed E-state index contributed by atoms with van der Waals surface area (Å²) >= 11 is 0.976. The molecule has 0 atom stereocenters. The maximum Gasteiger partial charge on any atom is 0.308 e. The number of thiophene rings is 1. The van der Waals surface area contributed by atoms with E-state index in [2.05, 4.69) is 29.0 Å². The second kappa shape index (κ2) is 7.98. The molecule has 1 aromatic heterocycles. The molecule has 0 saturated carbocycles. The number of hydrogen-bond acceptors (Lipinski definition) is 7. The van der Waals surface area contributed by atoms with E-state index in [9.17, 15) is 14.9 Å². The molecule has 0 unspecified atom stereocenters. The molecule has 0 saturated heterocycles. The van der Waals surface area contributed by atoms with Crippen molar-refractivity contribution in [2.75, 3.05) is 18.0 Å². The largest absolute Gasteiger partial charge is 0.372 e. The molecular weight excluding hydrogens is 340 g/mol. The predicted molar refractivity (Wildman–Crippen MR) is 99.9 cm³/mol. The molecular formula is C17H20N4O3S. The number of carbonyl (C=O) groups is 1. The number of rotatable bonds is 7. The normalized spacial score (nSPS) is 11.0. The van der Waals surface area contributed by atoms with Crippen molar-refractivity contribution in [1.29, 1.82) is 0 Å². The van der Waals surface area contributed by atoms with Gasteiger partial charge in [-0.1, -0.05) is 0 Å². The van der Waals surface area contributed by atoms with E-state index in [1.54, 1.807) is 0 Å². The van der Waals surface area contributed by atoms with Crippen molar-refractivity contribution in [3.63, 3.8) is 0 Å². The lowest BCUT2D eigenvalue weighted by Crippen LogP contribution is -2.21. The molecule has 0 bridgehead atoms. The van der Waals surface area contributed by atoms with E-state index in [4.69, 9.17) is 0 Å². The van der Waals surface area contributed by atoms with Gasteiger partial charge in [0.05, 0.1) is 15.5 Å². The molecule has 0 spiro atoms. The molecule has 0 amide bonds. The molecule has 2 aromatic rings. The number of nitrogens with zero attached hydrogens (tertiary/aromatic N) is 4. The number of nitro groups is 1. The second-order valence-electron chi connectivity index (χ2n) is 5.46. The van der Waals surface area contributed by atoms with Gasteiger partial charge >= 0.3 is 5.69 Å². The number of benzene rings is 1. The molecule has 8 heteroatoms. The van der Waals surface area contributed by atoms with E-state index in [1.807, 2.05) is 25.1 Å². The Hall–Kier alpha value is -2.61. The van der Waals surface area contributed by atoms with Crippen molar-refractivity contribution in [2.24, 2.45) is 10.2 Å². The summed E-state index contributed by atoms with van der Waals surface area (Å²) in [6, 6.07) is 7.07. The van der Waals surface area contributed by atoms with Gasteiger partial charge in [0.25, 0.3) is 0 Å². The third kappa shape index (κ3) is 4.27. The highest BCUT2D eigenvalue weighted by Gasteiger charge is 2.21. The first-order valence-electron chi connectivity index (χ1n) is 7.93. The van der Waals surface area contributed by atoms with Crippen LogP contribution in [0.1, 0.15) is 36.0 Å². The molecule has 1 heterocycles. The summed E-state index contributed by atoms with van der Waals surface area (Å²) in [6.45, 7) is 9.29. The SMILES string of the molecule is CCN(CC)c1ccc(N=Nc2sc(C(C)=O)cc2[N+](=O)[O-])c(C)c1. The molecule has 132 valence electrons. The fraction of sp³-hybridized carbons (Fsp3) is 0.353. The number of ketones is 1. The van der Waals surface area contributed by atoms with E-state index in [0.29, 0.717) is 10.6 Å². The lowest BCUT2D eigenvalue weighted by atomic mass is 10.1. The van der Waals surface area contributed by atoms with Crippen LogP contribution in [-0.4, -0.2) is 23.8 Å². The van der Waals surface area contributed by atoms with Gasteiger partial charge in [-0.3, -0.25) is 14.9 Å². The minimum atomic E-state index is -0.548. The van der Waals surface area contributed by atoms with Gasteiger partial charge in [-0.05, 0) is 51.5 Å². The zero-order valence-electron chi connectivity index (χ0n) is 14.6. The monoisotopic (exact) mass is 360 g/mol. The van der Waals surface area contributed by atoms with Crippen LogP contribution in [0.4, 0.5) is 22.1 Å². The van der Waals surface area contributed by atoms with Crippen LogP contribution < -0.4 is 4.90 Å². The molecule has 2 rings (SSSR count). The number of azo groups is 1. The van der Waals surface area contributed by atoms with E-state index >= 15 is 0 Å². The Kier molecular flexibility index (Phi) is 5.97. The van der Waals surface area contributed by atoms with Crippen LogP contribution >= 0.6 is 11.3 Å². The lowest BCUT2D eigenvalue weighted by Gasteiger charge is -2.21. The third-order valence-corrected chi connectivity index (χ3v) is 4.90. The molecule has 25 heavy (non-hydrogen) atoms. The number of Topliss-reactive ketones (excluding diaryl/α,β-unsaturated/α-hetero) is 1. The van der Waals surface area contributed by atoms with E-state index in [0.717, 1.165) is 35.7 Å². The zero-order chi connectivity index (χ0) is 18.6. The molecule has 0 N–H and O–H groups in total. The van der Waals surface area contributed by atoms with Crippen molar-refractivity contribution in [2.45, 2.75) is 27.7 Å². The Morgan fingerprint density at radius 1 is 1.24 bits per heavy atom.